The Balaban J connectivity index is 1.70. The van der Waals surface area contributed by atoms with Gasteiger partial charge in [0.15, 0.2) is 0 Å². The van der Waals surface area contributed by atoms with Gasteiger partial charge < -0.3 is 4.90 Å². The molecule has 3 rings (SSSR count). The number of benzene rings is 2. The van der Waals surface area contributed by atoms with E-state index in [9.17, 15) is 13.2 Å². The maximum Gasteiger partial charge on any atom is 0.254 e. The molecule has 1 amide bonds. The minimum Gasteiger partial charge on any atom is -0.336 e. The van der Waals surface area contributed by atoms with E-state index < -0.39 is 10.0 Å². The molecule has 2 aromatic carbocycles. The Morgan fingerprint density at radius 2 is 1.64 bits per heavy atom. The van der Waals surface area contributed by atoms with Gasteiger partial charge in [-0.2, -0.15) is 0 Å². The third-order valence-electron chi connectivity index (χ3n) is 5.13. The molecule has 0 bridgehead atoms. The fraction of sp³-hybridized carbons (Fsp3) is 0.381. The summed E-state index contributed by atoms with van der Waals surface area (Å²) in [7, 11) is -0.592. The first kappa shape index (κ1) is 20.5. The molecule has 0 saturated carbocycles. The summed E-state index contributed by atoms with van der Waals surface area (Å²) >= 11 is 0. The van der Waals surface area contributed by atoms with Gasteiger partial charge in [0, 0.05) is 52.4 Å². The molecular weight excluding hydrogens is 374 g/mol. The molecule has 0 unspecified atom stereocenters. The summed E-state index contributed by atoms with van der Waals surface area (Å²) in [5.74, 6) is -0.104. The van der Waals surface area contributed by atoms with Crippen LogP contribution >= 0.6 is 0 Å². The molecule has 0 N–H and O–H groups in total. The third-order valence-corrected chi connectivity index (χ3v) is 6.94. The molecule has 1 heterocycles. The van der Waals surface area contributed by atoms with Crippen LogP contribution in [-0.4, -0.2) is 68.7 Å². The average Bonchev–Trinajstić information content (AvgIpc) is 2.69. The number of carbonyl (C=O) groups is 1. The Morgan fingerprint density at radius 3 is 2.25 bits per heavy atom. The van der Waals surface area contributed by atoms with Crippen molar-refractivity contribution in [1.82, 2.24) is 14.1 Å². The maximum atomic E-state index is 13.0. The molecule has 0 aromatic heterocycles. The predicted octanol–water partition coefficient (Wildman–Crippen LogP) is 2.20. The SMILES string of the molecule is Cc1ccc(S(=O)(=O)N(C)C)cc1C(=O)N1CCN(Cc2ccccc2)CC1. The second-order valence-corrected chi connectivity index (χ2v) is 9.47. The molecule has 1 saturated heterocycles. The van der Waals surface area contributed by atoms with Crippen LogP contribution in [0.1, 0.15) is 21.5 Å². The Labute approximate surface area is 167 Å². The van der Waals surface area contributed by atoms with Crippen LogP contribution < -0.4 is 0 Å². The third kappa shape index (κ3) is 4.43. The lowest BCUT2D eigenvalue weighted by molar-refractivity contribution is 0.0627. The van der Waals surface area contributed by atoms with Crippen molar-refractivity contribution in [3.05, 3.63) is 65.2 Å². The molecule has 0 radical (unpaired) electrons. The summed E-state index contributed by atoms with van der Waals surface area (Å²) in [4.78, 5) is 17.3. The van der Waals surface area contributed by atoms with Gasteiger partial charge >= 0.3 is 0 Å². The number of aryl methyl sites for hydroxylation is 1. The Hall–Kier alpha value is -2.22. The number of piperazine rings is 1. The quantitative estimate of drug-likeness (QED) is 0.771. The van der Waals surface area contributed by atoms with Gasteiger partial charge in [-0.1, -0.05) is 36.4 Å². The highest BCUT2D eigenvalue weighted by Gasteiger charge is 2.25. The molecule has 0 aliphatic carbocycles. The summed E-state index contributed by atoms with van der Waals surface area (Å²) in [5, 5.41) is 0. The second-order valence-electron chi connectivity index (χ2n) is 7.32. The van der Waals surface area contributed by atoms with E-state index >= 15 is 0 Å². The zero-order valence-corrected chi connectivity index (χ0v) is 17.4. The van der Waals surface area contributed by atoms with E-state index in [2.05, 4.69) is 17.0 Å². The molecular formula is C21H27N3O3S. The number of sulfonamides is 1. The number of carbonyl (C=O) groups excluding carboxylic acids is 1. The molecule has 6 nitrogen and oxygen atoms in total. The Kier molecular flexibility index (Phi) is 6.17. The van der Waals surface area contributed by atoms with E-state index in [0.717, 1.165) is 29.5 Å². The summed E-state index contributed by atoms with van der Waals surface area (Å²) in [5.41, 5.74) is 2.51. The van der Waals surface area contributed by atoms with Crippen LogP contribution in [0.25, 0.3) is 0 Å². The van der Waals surface area contributed by atoms with Gasteiger partial charge in [0.25, 0.3) is 5.91 Å². The van der Waals surface area contributed by atoms with E-state index in [0.29, 0.717) is 18.7 Å². The number of hydrogen-bond acceptors (Lipinski definition) is 4. The zero-order chi connectivity index (χ0) is 20.3. The zero-order valence-electron chi connectivity index (χ0n) is 16.6. The summed E-state index contributed by atoms with van der Waals surface area (Å²) < 4.78 is 26.0. The van der Waals surface area contributed by atoms with Crippen LogP contribution in [0.15, 0.2) is 53.4 Å². The van der Waals surface area contributed by atoms with Crippen LogP contribution in [0.3, 0.4) is 0 Å². The summed E-state index contributed by atoms with van der Waals surface area (Å²) in [6.45, 7) is 5.58. The van der Waals surface area contributed by atoms with Gasteiger partial charge in [-0.05, 0) is 30.2 Å². The van der Waals surface area contributed by atoms with Gasteiger partial charge in [-0.25, -0.2) is 12.7 Å². The van der Waals surface area contributed by atoms with Gasteiger partial charge in [0.05, 0.1) is 4.90 Å². The van der Waals surface area contributed by atoms with Crippen molar-refractivity contribution in [2.75, 3.05) is 40.3 Å². The van der Waals surface area contributed by atoms with Crippen LogP contribution in [-0.2, 0) is 16.6 Å². The van der Waals surface area contributed by atoms with Crippen LogP contribution in [0.2, 0.25) is 0 Å². The number of rotatable bonds is 5. The van der Waals surface area contributed by atoms with Crippen LogP contribution in [0, 0.1) is 6.92 Å². The molecule has 150 valence electrons. The number of nitrogens with zero attached hydrogens (tertiary/aromatic N) is 3. The lowest BCUT2D eigenvalue weighted by Gasteiger charge is -2.35. The maximum absolute atomic E-state index is 13.0. The normalized spacial score (nSPS) is 15.8. The van der Waals surface area contributed by atoms with Gasteiger partial charge in [-0.3, -0.25) is 9.69 Å². The lowest BCUT2D eigenvalue weighted by Crippen LogP contribution is -2.48. The van der Waals surface area contributed by atoms with Crippen molar-refractivity contribution < 1.29 is 13.2 Å². The van der Waals surface area contributed by atoms with Gasteiger partial charge in [0.1, 0.15) is 0 Å². The molecule has 0 spiro atoms. The number of amides is 1. The van der Waals surface area contributed by atoms with Crippen molar-refractivity contribution in [1.29, 1.82) is 0 Å². The van der Waals surface area contributed by atoms with E-state index in [1.807, 2.05) is 30.0 Å². The highest BCUT2D eigenvalue weighted by molar-refractivity contribution is 7.89. The molecule has 7 heteroatoms. The minimum absolute atomic E-state index is 0.104. The molecule has 28 heavy (non-hydrogen) atoms. The average molecular weight is 402 g/mol. The first-order valence-electron chi connectivity index (χ1n) is 9.38. The van der Waals surface area contributed by atoms with Crippen molar-refractivity contribution >= 4 is 15.9 Å². The van der Waals surface area contributed by atoms with Gasteiger partial charge in [-0.15, -0.1) is 0 Å². The molecule has 2 aromatic rings. The lowest BCUT2D eigenvalue weighted by atomic mass is 10.1. The highest BCUT2D eigenvalue weighted by Crippen LogP contribution is 2.20. The molecule has 1 fully saturated rings. The van der Waals surface area contributed by atoms with Crippen molar-refractivity contribution in [2.24, 2.45) is 0 Å². The largest absolute Gasteiger partial charge is 0.336 e. The van der Waals surface area contributed by atoms with E-state index in [1.165, 1.54) is 25.7 Å². The topological polar surface area (TPSA) is 60.9 Å². The van der Waals surface area contributed by atoms with Crippen LogP contribution in [0.4, 0.5) is 0 Å². The predicted molar refractivity (Wildman–Crippen MR) is 110 cm³/mol. The Bertz CT molecular complexity index is 935. The summed E-state index contributed by atoms with van der Waals surface area (Å²) in [6.07, 6.45) is 0. The van der Waals surface area contributed by atoms with Crippen LogP contribution in [0.5, 0.6) is 0 Å². The fourth-order valence-electron chi connectivity index (χ4n) is 3.32. The first-order chi connectivity index (χ1) is 13.3. The minimum atomic E-state index is -3.57. The monoisotopic (exact) mass is 401 g/mol. The van der Waals surface area contributed by atoms with Crippen molar-refractivity contribution in [3.63, 3.8) is 0 Å². The molecule has 1 aliphatic heterocycles. The second kappa shape index (κ2) is 8.43. The van der Waals surface area contributed by atoms with Crippen molar-refractivity contribution in [2.45, 2.75) is 18.4 Å². The number of hydrogen-bond donors (Lipinski definition) is 0. The Morgan fingerprint density at radius 1 is 1.00 bits per heavy atom. The smallest absolute Gasteiger partial charge is 0.254 e. The first-order valence-corrected chi connectivity index (χ1v) is 10.8. The summed E-state index contributed by atoms with van der Waals surface area (Å²) in [6, 6.07) is 15.1. The van der Waals surface area contributed by atoms with Crippen molar-refractivity contribution in [3.8, 4) is 0 Å². The molecule has 0 atom stereocenters. The molecule has 1 aliphatic rings. The highest BCUT2D eigenvalue weighted by atomic mass is 32.2. The van der Waals surface area contributed by atoms with E-state index in [4.69, 9.17) is 0 Å². The fourth-order valence-corrected chi connectivity index (χ4v) is 4.25. The van der Waals surface area contributed by atoms with Gasteiger partial charge in [0.2, 0.25) is 10.0 Å². The standard InChI is InChI=1S/C21H27N3O3S/c1-17-9-10-19(28(26,27)22(2)3)15-20(17)21(25)24-13-11-23(12-14-24)16-18-7-5-4-6-8-18/h4-10,15H,11-14,16H2,1-3H3. The van der Waals surface area contributed by atoms with E-state index in [1.54, 1.807) is 12.1 Å². The van der Waals surface area contributed by atoms with E-state index in [-0.39, 0.29) is 10.8 Å².